The van der Waals surface area contributed by atoms with Gasteiger partial charge in [-0.05, 0) is 61.7 Å². The van der Waals surface area contributed by atoms with Crippen LogP contribution in [0, 0.1) is 29.1 Å². The Morgan fingerprint density at radius 1 is 1.26 bits per heavy atom. The van der Waals surface area contributed by atoms with E-state index in [0.29, 0.717) is 36.4 Å². The fourth-order valence-corrected chi connectivity index (χ4v) is 5.17. The van der Waals surface area contributed by atoms with E-state index in [0.717, 1.165) is 18.3 Å². The average Bonchev–Trinajstić information content (AvgIpc) is 3.13. The molecule has 2 fully saturated rings. The average molecular weight is 434 g/mol. The molecule has 0 spiro atoms. The molecule has 1 aromatic heterocycles. The number of fused-ring (bicyclic) bond motifs is 2. The van der Waals surface area contributed by atoms with Gasteiger partial charge in [-0.2, -0.15) is 5.10 Å². The number of aromatic nitrogens is 2. The van der Waals surface area contributed by atoms with E-state index in [4.69, 9.17) is 4.74 Å². The molecule has 2 aliphatic rings. The van der Waals surface area contributed by atoms with Crippen LogP contribution in [0.25, 0.3) is 0 Å². The van der Waals surface area contributed by atoms with Gasteiger partial charge >= 0.3 is 0 Å². The van der Waals surface area contributed by atoms with Gasteiger partial charge in [0.1, 0.15) is 5.56 Å². The van der Waals surface area contributed by atoms with Crippen molar-refractivity contribution in [1.29, 1.82) is 0 Å². The van der Waals surface area contributed by atoms with Gasteiger partial charge < -0.3 is 15.2 Å². The van der Waals surface area contributed by atoms with E-state index < -0.39 is 0 Å². The molecule has 6 heteroatoms. The molecular weight excluding hydrogens is 390 g/mol. The number of hydrogen-bond donors (Lipinski definition) is 2. The maximum atomic E-state index is 13.2. The third kappa shape index (κ3) is 6.47. The number of rotatable bonds is 10. The highest BCUT2D eigenvalue weighted by Gasteiger charge is 2.35. The highest BCUT2D eigenvalue weighted by molar-refractivity contribution is 5.96. The third-order valence-electron chi connectivity index (χ3n) is 7.25. The van der Waals surface area contributed by atoms with E-state index in [9.17, 15) is 9.90 Å². The molecule has 6 nitrogen and oxygen atoms in total. The Bertz CT molecular complexity index is 716. The molecule has 3 unspecified atom stereocenters. The van der Waals surface area contributed by atoms with Crippen LogP contribution in [0.3, 0.4) is 0 Å². The SMILES string of the molecule is CC(C)COc1c(C(=O)NC(C)C2CC3CCCC(C3)C2)cnn1CCC(C)(C)CO. The Hall–Kier alpha value is -1.56. The van der Waals surface area contributed by atoms with Crippen molar-refractivity contribution < 1.29 is 14.6 Å². The summed E-state index contributed by atoms with van der Waals surface area (Å²) in [5, 5.41) is 17.3. The lowest BCUT2D eigenvalue weighted by molar-refractivity contribution is 0.0849. The summed E-state index contributed by atoms with van der Waals surface area (Å²) in [5.41, 5.74) is 0.322. The standard InChI is InChI=1S/C25H43N3O3/c1-17(2)15-31-24-22(14-26-28(24)10-9-25(4,5)16-29)23(30)27-18(3)21-12-19-7-6-8-20(11-19)13-21/h14,17-21,29H,6-13,15-16H2,1-5H3,(H,27,30). The molecule has 176 valence electrons. The van der Waals surface area contributed by atoms with Crippen molar-refractivity contribution in [1.82, 2.24) is 15.1 Å². The minimum absolute atomic E-state index is 0.0883. The third-order valence-corrected chi connectivity index (χ3v) is 7.25. The second kappa shape index (κ2) is 10.4. The lowest BCUT2D eigenvalue weighted by Crippen LogP contribution is -2.42. The van der Waals surface area contributed by atoms with E-state index in [2.05, 4.69) is 31.2 Å². The fraction of sp³-hybridized carbons (Fsp3) is 0.840. The number of ether oxygens (including phenoxy) is 1. The number of carbonyl (C=O) groups is 1. The zero-order chi connectivity index (χ0) is 22.6. The number of nitrogens with zero attached hydrogens (tertiary/aromatic N) is 2. The summed E-state index contributed by atoms with van der Waals surface area (Å²) in [5.74, 6) is 3.07. The monoisotopic (exact) mass is 433 g/mol. The number of aryl methyl sites for hydroxylation is 1. The maximum absolute atomic E-state index is 13.2. The van der Waals surface area contributed by atoms with Gasteiger partial charge in [-0.1, -0.05) is 47.0 Å². The Labute approximate surface area is 188 Å². The van der Waals surface area contributed by atoms with Gasteiger partial charge in [0.05, 0.1) is 12.8 Å². The molecule has 0 saturated heterocycles. The lowest BCUT2D eigenvalue weighted by atomic mass is 9.66. The minimum atomic E-state index is -0.197. The van der Waals surface area contributed by atoms with Gasteiger partial charge in [0.2, 0.25) is 5.88 Å². The van der Waals surface area contributed by atoms with Crippen LogP contribution in [0.1, 0.15) is 89.9 Å². The number of amides is 1. The summed E-state index contributed by atoms with van der Waals surface area (Å²) < 4.78 is 7.84. The lowest BCUT2D eigenvalue weighted by Gasteiger charge is -2.41. The number of carbonyl (C=O) groups excluding carboxylic acids is 1. The largest absolute Gasteiger partial charge is 0.477 e. The summed E-state index contributed by atoms with van der Waals surface area (Å²) in [6.45, 7) is 11.7. The van der Waals surface area contributed by atoms with E-state index in [1.165, 1.54) is 38.5 Å². The van der Waals surface area contributed by atoms with Crippen LogP contribution in [-0.2, 0) is 6.54 Å². The number of aliphatic hydroxyl groups excluding tert-OH is 1. The molecule has 0 aromatic carbocycles. The molecule has 2 bridgehead atoms. The molecule has 1 heterocycles. The Kier molecular flexibility index (Phi) is 8.06. The molecule has 3 atom stereocenters. The van der Waals surface area contributed by atoms with Crippen molar-refractivity contribution in [3.8, 4) is 5.88 Å². The first-order valence-corrected chi connectivity index (χ1v) is 12.3. The zero-order valence-electron chi connectivity index (χ0n) is 20.2. The fourth-order valence-electron chi connectivity index (χ4n) is 5.17. The van der Waals surface area contributed by atoms with Crippen LogP contribution in [0.2, 0.25) is 0 Å². The molecular formula is C25H43N3O3. The topological polar surface area (TPSA) is 76.4 Å². The molecule has 1 amide bonds. The summed E-state index contributed by atoms with van der Waals surface area (Å²) in [7, 11) is 0. The molecule has 3 rings (SSSR count). The van der Waals surface area contributed by atoms with Gasteiger partial charge in [-0.25, -0.2) is 4.68 Å². The van der Waals surface area contributed by atoms with Crippen molar-refractivity contribution in [3.05, 3.63) is 11.8 Å². The molecule has 0 aliphatic heterocycles. The molecule has 2 saturated carbocycles. The van der Waals surface area contributed by atoms with Crippen LogP contribution in [-0.4, -0.2) is 40.0 Å². The van der Waals surface area contributed by atoms with Crippen LogP contribution < -0.4 is 10.1 Å². The quantitative estimate of drug-likeness (QED) is 0.563. The van der Waals surface area contributed by atoms with Crippen LogP contribution >= 0.6 is 0 Å². The van der Waals surface area contributed by atoms with Crippen molar-refractivity contribution in [2.24, 2.45) is 29.1 Å². The highest BCUT2D eigenvalue weighted by atomic mass is 16.5. The Balaban J connectivity index is 1.68. The number of hydrogen-bond acceptors (Lipinski definition) is 4. The van der Waals surface area contributed by atoms with Gasteiger partial charge in [0.15, 0.2) is 0 Å². The first kappa shape index (κ1) is 24.1. The molecule has 2 N–H and O–H groups in total. The van der Waals surface area contributed by atoms with Crippen LogP contribution in [0.4, 0.5) is 0 Å². The first-order valence-electron chi connectivity index (χ1n) is 12.3. The summed E-state index contributed by atoms with van der Waals surface area (Å²) in [6, 6.07) is 0.158. The Morgan fingerprint density at radius 2 is 1.94 bits per heavy atom. The number of aliphatic hydroxyl groups is 1. The van der Waals surface area contributed by atoms with Crippen molar-refractivity contribution in [3.63, 3.8) is 0 Å². The Morgan fingerprint density at radius 3 is 2.55 bits per heavy atom. The first-order chi connectivity index (χ1) is 14.7. The summed E-state index contributed by atoms with van der Waals surface area (Å²) >= 11 is 0. The molecule has 2 aliphatic carbocycles. The van der Waals surface area contributed by atoms with E-state index in [-0.39, 0.29) is 24.0 Å². The summed E-state index contributed by atoms with van der Waals surface area (Å²) in [4.78, 5) is 13.2. The van der Waals surface area contributed by atoms with Crippen molar-refractivity contribution in [2.45, 2.75) is 92.2 Å². The van der Waals surface area contributed by atoms with E-state index >= 15 is 0 Å². The summed E-state index contributed by atoms with van der Waals surface area (Å²) in [6.07, 6.45) is 10.4. The molecule has 0 radical (unpaired) electrons. The van der Waals surface area contributed by atoms with Crippen LogP contribution in [0.5, 0.6) is 5.88 Å². The zero-order valence-corrected chi connectivity index (χ0v) is 20.2. The second-order valence-electron chi connectivity index (χ2n) is 11.3. The van der Waals surface area contributed by atoms with E-state index in [1.54, 1.807) is 10.9 Å². The second-order valence-corrected chi connectivity index (χ2v) is 11.3. The van der Waals surface area contributed by atoms with Gasteiger partial charge in [-0.15, -0.1) is 0 Å². The van der Waals surface area contributed by atoms with Gasteiger partial charge in [0.25, 0.3) is 5.91 Å². The van der Waals surface area contributed by atoms with Crippen molar-refractivity contribution in [2.75, 3.05) is 13.2 Å². The molecule has 1 aromatic rings. The predicted molar refractivity (Wildman–Crippen MR) is 123 cm³/mol. The maximum Gasteiger partial charge on any atom is 0.258 e. The van der Waals surface area contributed by atoms with E-state index in [1.807, 2.05) is 13.8 Å². The highest BCUT2D eigenvalue weighted by Crippen LogP contribution is 2.43. The number of nitrogens with one attached hydrogen (secondary N) is 1. The smallest absolute Gasteiger partial charge is 0.258 e. The van der Waals surface area contributed by atoms with Gasteiger partial charge in [-0.3, -0.25) is 4.79 Å². The van der Waals surface area contributed by atoms with Gasteiger partial charge in [0, 0.05) is 19.2 Å². The predicted octanol–water partition coefficient (Wildman–Crippen LogP) is 4.66. The molecule has 31 heavy (non-hydrogen) atoms. The minimum Gasteiger partial charge on any atom is -0.477 e. The normalized spacial score (nSPS) is 24.8. The van der Waals surface area contributed by atoms with Crippen LogP contribution in [0.15, 0.2) is 6.20 Å². The van der Waals surface area contributed by atoms with Crippen molar-refractivity contribution >= 4 is 5.91 Å².